The SMILES string of the molecule is CN(C)CCN1CCOC(CO)C1=O. The first-order valence-corrected chi connectivity index (χ1v) is 4.81. The van der Waals surface area contributed by atoms with Gasteiger partial charge in [-0.25, -0.2) is 0 Å². The van der Waals surface area contributed by atoms with Crippen LogP contribution in [0, 0.1) is 0 Å². The largest absolute Gasteiger partial charge is 0.393 e. The van der Waals surface area contributed by atoms with Crippen LogP contribution in [0.4, 0.5) is 0 Å². The smallest absolute Gasteiger partial charge is 0.254 e. The highest BCUT2D eigenvalue weighted by atomic mass is 16.5. The molecule has 0 aromatic heterocycles. The van der Waals surface area contributed by atoms with Gasteiger partial charge in [0.2, 0.25) is 0 Å². The number of aliphatic hydroxyl groups is 1. The fourth-order valence-corrected chi connectivity index (χ4v) is 1.36. The van der Waals surface area contributed by atoms with Crippen molar-refractivity contribution in [2.75, 3.05) is 46.9 Å². The van der Waals surface area contributed by atoms with Crippen molar-refractivity contribution in [3.8, 4) is 0 Å². The van der Waals surface area contributed by atoms with E-state index in [0.717, 1.165) is 6.54 Å². The van der Waals surface area contributed by atoms with Crippen LogP contribution >= 0.6 is 0 Å². The molecule has 0 aliphatic carbocycles. The Morgan fingerprint density at radius 2 is 2.36 bits per heavy atom. The average molecular weight is 202 g/mol. The van der Waals surface area contributed by atoms with Crippen LogP contribution in [0.2, 0.25) is 0 Å². The van der Waals surface area contributed by atoms with Gasteiger partial charge in [0, 0.05) is 19.6 Å². The first-order chi connectivity index (χ1) is 6.65. The van der Waals surface area contributed by atoms with Gasteiger partial charge >= 0.3 is 0 Å². The summed E-state index contributed by atoms with van der Waals surface area (Å²) in [6, 6.07) is 0. The Morgan fingerprint density at radius 3 is 2.93 bits per heavy atom. The molecule has 1 N–H and O–H groups in total. The molecule has 0 radical (unpaired) electrons. The number of hydrogen-bond donors (Lipinski definition) is 1. The molecule has 1 atom stereocenters. The highest BCUT2D eigenvalue weighted by Crippen LogP contribution is 2.06. The monoisotopic (exact) mass is 202 g/mol. The fourth-order valence-electron chi connectivity index (χ4n) is 1.36. The quantitative estimate of drug-likeness (QED) is 0.620. The highest BCUT2D eigenvalue weighted by Gasteiger charge is 2.28. The Labute approximate surface area is 84.2 Å². The summed E-state index contributed by atoms with van der Waals surface area (Å²) in [5, 5.41) is 8.87. The fraction of sp³-hybridized carbons (Fsp3) is 0.889. The molecule has 1 amide bonds. The van der Waals surface area contributed by atoms with Crippen LogP contribution in [-0.4, -0.2) is 73.9 Å². The lowest BCUT2D eigenvalue weighted by atomic mass is 10.2. The highest BCUT2D eigenvalue weighted by molar-refractivity contribution is 5.81. The minimum absolute atomic E-state index is 0.0967. The van der Waals surface area contributed by atoms with Gasteiger partial charge in [0.15, 0.2) is 6.10 Å². The normalized spacial score (nSPS) is 23.3. The van der Waals surface area contributed by atoms with Crippen molar-refractivity contribution in [3.05, 3.63) is 0 Å². The molecule has 1 aliphatic rings. The van der Waals surface area contributed by atoms with Crippen LogP contribution in [0.5, 0.6) is 0 Å². The lowest BCUT2D eigenvalue weighted by Gasteiger charge is -2.32. The number of carbonyl (C=O) groups excluding carboxylic acids is 1. The number of likely N-dealkylation sites (N-methyl/N-ethyl adjacent to an activating group) is 1. The predicted molar refractivity (Wildman–Crippen MR) is 52.0 cm³/mol. The number of rotatable bonds is 4. The topological polar surface area (TPSA) is 53.0 Å². The number of ether oxygens (including phenoxy) is 1. The summed E-state index contributed by atoms with van der Waals surface area (Å²) in [6.45, 7) is 2.46. The maximum atomic E-state index is 11.6. The van der Waals surface area contributed by atoms with E-state index in [9.17, 15) is 4.79 Å². The summed E-state index contributed by atoms with van der Waals surface area (Å²) in [5.41, 5.74) is 0. The van der Waals surface area contributed by atoms with Crippen molar-refractivity contribution in [1.29, 1.82) is 0 Å². The van der Waals surface area contributed by atoms with E-state index in [4.69, 9.17) is 9.84 Å². The third kappa shape index (κ3) is 2.94. The molecule has 1 unspecified atom stereocenters. The van der Waals surface area contributed by atoms with Gasteiger partial charge in [-0.3, -0.25) is 4.79 Å². The van der Waals surface area contributed by atoms with Crippen molar-refractivity contribution >= 4 is 5.91 Å². The molecule has 0 bridgehead atoms. The van der Waals surface area contributed by atoms with E-state index < -0.39 is 6.10 Å². The summed E-state index contributed by atoms with van der Waals surface area (Å²) in [4.78, 5) is 15.4. The van der Waals surface area contributed by atoms with Gasteiger partial charge in [-0.1, -0.05) is 0 Å². The molecule has 1 aliphatic heterocycles. The molecule has 1 saturated heterocycles. The Morgan fingerprint density at radius 1 is 1.64 bits per heavy atom. The Kier molecular flexibility index (Phi) is 4.31. The molecule has 0 aromatic carbocycles. The zero-order chi connectivity index (χ0) is 10.6. The predicted octanol–water partition coefficient (Wildman–Crippen LogP) is -1.23. The molecule has 0 saturated carbocycles. The molecule has 5 heteroatoms. The van der Waals surface area contributed by atoms with E-state index in [-0.39, 0.29) is 12.5 Å². The number of aliphatic hydroxyl groups excluding tert-OH is 1. The second-order valence-corrected chi connectivity index (χ2v) is 3.67. The molecule has 5 nitrogen and oxygen atoms in total. The second-order valence-electron chi connectivity index (χ2n) is 3.67. The molecule has 0 spiro atoms. The number of hydrogen-bond acceptors (Lipinski definition) is 4. The van der Waals surface area contributed by atoms with Crippen LogP contribution < -0.4 is 0 Å². The first kappa shape index (κ1) is 11.4. The zero-order valence-corrected chi connectivity index (χ0v) is 8.77. The molecule has 0 aromatic rings. The van der Waals surface area contributed by atoms with Crippen molar-refractivity contribution in [3.63, 3.8) is 0 Å². The van der Waals surface area contributed by atoms with E-state index in [1.165, 1.54) is 0 Å². The van der Waals surface area contributed by atoms with Gasteiger partial charge in [-0.2, -0.15) is 0 Å². The summed E-state index contributed by atoms with van der Waals surface area (Å²) in [6.07, 6.45) is -0.647. The Balaban J connectivity index is 2.40. The average Bonchev–Trinajstić information content (AvgIpc) is 2.16. The minimum atomic E-state index is -0.647. The lowest BCUT2D eigenvalue weighted by Crippen LogP contribution is -2.50. The third-order valence-corrected chi connectivity index (χ3v) is 2.25. The summed E-state index contributed by atoms with van der Waals surface area (Å²) in [5.74, 6) is -0.0967. The van der Waals surface area contributed by atoms with Gasteiger partial charge in [0.25, 0.3) is 5.91 Å². The molecule has 1 heterocycles. The Hall–Kier alpha value is -0.650. The zero-order valence-electron chi connectivity index (χ0n) is 8.77. The van der Waals surface area contributed by atoms with E-state index in [2.05, 4.69) is 0 Å². The molecular weight excluding hydrogens is 184 g/mol. The van der Waals surface area contributed by atoms with Gasteiger partial charge in [0.05, 0.1) is 13.2 Å². The van der Waals surface area contributed by atoms with Gasteiger partial charge < -0.3 is 19.6 Å². The number of carbonyl (C=O) groups is 1. The van der Waals surface area contributed by atoms with Crippen LogP contribution in [0.3, 0.4) is 0 Å². The maximum Gasteiger partial charge on any atom is 0.254 e. The van der Waals surface area contributed by atoms with Gasteiger partial charge in [-0.05, 0) is 14.1 Å². The van der Waals surface area contributed by atoms with Crippen LogP contribution in [0.1, 0.15) is 0 Å². The summed E-state index contributed by atoms with van der Waals surface area (Å²) >= 11 is 0. The van der Waals surface area contributed by atoms with Crippen LogP contribution in [0.15, 0.2) is 0 Å². The second kappa shape index (κ2) is 5.29. The van der Waals surface area contributed by atoms with Gasteiger partial charge in [0.1, 0.15) is 0 Å². The standard InChI is InChI=1S/C9H18N2O3/c1-10(2)3-4-11-5-6-14-8(7-12)9(11)13/h8,12H,3-7H2,1-2H3. The number of nitrogens with zero attached hydrogens (tertiary/aromatic N) is 2. The summed E-state index contributed by atoms with van der Waals surface area (Å²) in [7, 11) is 3.93. The van der Waals surface area contributed by atoms with E-state index in [0.29, 0.717) is 19.7 Å². The van der Waals surface area contributed by atoms with Crippen molar-refractivity contribution in [1.82, 2.24) is 9.80 Å². The summed E-state index contributed by atoms with van der Waals surface area (Å²) < 4.78 is 5.12. The molecule has 1 rings (SSSR count). The number of amides is 1. The number of morpholine rings is 1. The Bertz CT molecular complexity index is 196. The maximum absolute atomic E-state index is 11.6. The van der Waals surface area contributed by atoms with Crippen molar-refractivity contribution in [2.45, 2.75) is 6.10 Å². The molecule has 14 heavy (non-hydrogen) atoms. The van der Waals surface area contributed by atoms with Gasteiger partial charge in [-0.15, -0.1) is 0 Å². The van der Waals surface area contributed by atoms with E-state index >= 15 is 0 Å². The molecular formula is C9H18N2O3. The lowest BCUT2D eigenvalue weighted by molar-refractivity contribution is -0.156. The van der Waals surface area contributed by atoms with Crippen molar-refractivity contribution < 1.29 is 14.6 Å². The van der Waals surface area contributed by atoms with E-state index in [1.54, 1.807) is 4.90 Å². The van der Waals surface area contributed by atoms with Crippen LogP contribution in [-0.2, 0) is 9.53 Å². The van der Waals surface area contributed by atoms with Crippen molar-refractivity contribution in [2.24, 2.45) is 0 Å². The minimum Gasteiger partial charge on any atom is -0.393 e. The van der Waals surface area contributed by atoms with E-state index in [1.807, 2.05) is 19.0 Å². The molecule has 82 valence electrons. The first-order valence-electron chi connectivity index (χ1n) is 4.81. The third-order valence-electron chi connectivity index (χ3n) is 2.25. The van der Waals surface area contributed by atoms with Crippen LogP contribution in [0.25, 0.3) is 0 Å². The molecule has 1 fully saturated rings.